The summed E-state index contributed by atoms with van der Waals surface area (Å²) in [6, 6.07) is 21.1. The first kappa shape index (κ1) is 28.7. The number of benzene rings is 3. The van der Waals surface area contributed by atoms with Crippen molar-refractivity contribution in [1.29, 1.82) is 0 Å². The minimum atomic E-state index is -4.75. The SMILES string of the molecule is O=C(O)CCNC(=O)c1ccc(CC(C2=CNC3=CC=CCC32)c2cccc(-c3ccc(OC(F)(F)F)cc3)c2)cc1. The Kier molecular flexibility index (Phi) is 8.47. The third-order valence-corrected chi connectivity index (χ3v) is 7.36. The lowest BCUT2D eigenvalue weighted by Crippen LogP contribution is -2.25. The van der Waals surface area contributed by atoms with Gasteiger partial charge in [0.2, 0.25) is 0 Å². The Morgan fingerprint density at radius 1 is 1.02 bits per heavy atom. The number of halogens is 3. The molecular weight excluding hydrogens is 545 g/mol. The summed E-state index contributed by atoms with van der Waals surface area (Å²) in [6.07, 6.45) is 4.96. The van der Waals surface area contributed by atoms with Gasteiger partial charge in [-0.25, -0.2) is 0 Å². The van der Waals surface area contributed by atoms with E-state index < -0.39 is 12.3 Å². The van der Waals surface area contributed by atoms with E-state index in [0.29, 0.717) is 12.0 Å². The lowest BCUT2D eigenvalue weighted by molar-refractivity contribution is -0.274. The van der Waals surface area contributed by atoms with Gasteiger partial charge in [0, 0.05) is 35.8 Å². The molecule has 3 aromatic rings. The van der Waals surface area contributed by atoms with Crippen LogP contribution < -0.4 is 15.4 Å². The number of carboxylic acids is 1. The molecule has 1 amide bonds. The van der Waals surface area contributed by atoms with Crippen molar-refractivity contribution >= 4 is 11.9 Å². The van der Waals surface area contributed by atoms with Gasteiger partial charge in [0.1, 0.15) is 5.75 Å². The molecule has 1 aliphatic heterocycles. The van der Waals surface area contributed by atoms with Crippen LogP contribution >= 0.6 is 0 Å². The van der Waals surface area contributed by atoms with Crippen LogP contribution in [0, 0.1) is 5.92 Å². The van der Waals surface area contributed by atoms with Gasteiger partial charge in [0.15, 0.2) is 0 Å². The molecule has 0 saturated heterocycles. The number of aliphatic carboxylic acids is 1. The number of rotatable bonds is 10. The van der Waals surface area contributed by atoms with Gasteiger partial charge in [0.25, 0.3) is 5.91 Å². The normalized spacial score (nSPS) is 16.5. The molecule has 0 spiro atoms. The number of carboxylic acid groups (broad SMARTS) is 1. The lowest BCUT2D eigenvalue weighted by atomic mass is 9.78. The Labute approximate surface area is 241 Å². The first-order chi connectivity index (χ1) is 20.2. The minimum absolute atomic E-state index is 0.0112. The molecule has 9 heteroatoms. The number of hydrogen-bond donors (Lipinski definition) is 3. The molecule has 2 unspecified atom stereocenters. The highest BCUT2D eigenvalue weighted by atomic mass is 19.4. The maximum atomic E-state index is 12.6. The summed E-state index contributed by atoms with van der Waals surface area (Å²) in [7, 11) is 0. The van der Waals surface area contributed by atoms with E-state index in [0.717, 1.165) is 34.4 Å². The summed E-state index contributed by atoms with van der Waals surface area (Å²) in [5, 5.41) is 14.8. The van der Waals surface area contributed by atoms with Crippen LogP contribution in [0.1, 0.15) is 40.2 Å². The first-order valence-electron chi connectivity index (χ1n) is 13.5. The molecule has 3 N–H and O–H groups in total. The van der Waals surface area contributed by atoms with Gasteiger partial charge in [-0.1, -0.05) is 60.7 Å². The predicted octanol–water partition coefficient (Wildman–Crippen LogP) is 6.73. The molecular formula is C33H29F3N2O4. The van der Waals surface area contributed by atoms with Crippen LogP contribution in [0.25, 0.3) is 11.1 Å². The monoisotopic (exact) mass is 574 g/mol. The Bertz CT molecular complexity index is 1540. The van der Waals surface area contributed by atoms with E-state index in [1.165, 1.54) is 17.7 Å². The number of ether oxygens (including phenoxy) is 1. The quantitative estimate of drug-likeness (QED) is 0.250. The van der Waals surface area contributed by atoms with Crippen LogP contribution in [0.15, 0.2) is 108 Å². The highest BCUT2D eigenvalue weighted by molar-refractivity contribution is 5.94. The smallest absolute Gasteiger partial charge is 0.481 e. The number of carbonyl (C=O) groups excluding carboxylic acids is 1. The van der Waals surface area contributed by atoms with Crippen LogP contribution in [0.4, 0.5) is 13.2 Å². The van der Waals surface area contributed by atoms with Crippen molar-refractivity contribution in [2.45, 2.75) is 31.5 Å². The standard InChI is InChI=1S/C33H29F3N2O4/c34-33(35,36)42-26-14-12-22(13-15-26)24-4-3-5-25(19-24)28(29-20-38-30-7-2-1-6-27(29)30)18-21-8-10-23(11-9-21)32(41)37-17-16-31(39)40/h1-5,7-15,19-20,27-28,38H,6,16-18H2,(H,37,41)(H,39,40). The van der Waals surface area contributed by atoms with E-state index in [1.54, 1.807) is 24.3 Å². The van der Waals surface area contributed by atoms with Crippen molar-refractivity contribution in [3.05, 3.63) is 125 Å². The maximum Gasteiger partial charge on any atom is 0.573 e. The predicted molar refractivity (Wildman–Crippen MR) is 153 cm³/mol. The Morgan fingerprint density at radius 2 is 1.79 bits per heavy atom. The lowest BCUT2D eigenvalue weighted by Gasteiger charge is -2.26. The molecule has 0 bridgehead atoms. The summed E-state index contributed by atoms with van der Waals surface area (Å²) < 4.78 is 41.8. The molecule has 3 aromatic carbocycles. The van der Waals surface area contributed by atoms with Crippen molar-refractivity contribution in [2.75, 3.05) is 6.54 Å². The van der Waals surface area contributed by atoms with E-state index in [-0.39, 0.29) is 36.5 Å². The largest absolute Gasteiger partial charge is 0.573 e. The van der Waals surface area contributed by atoms with E-state index in [2.05, 4.69) is 45.9 Å². The molecule has 0 saturated carbocycles. The Morgan fingerprint density at radius 3 is 2.50 bits per heavy atom. The second-order valence-corrected chi connectivity index (χ2v) is 10.2. The average molecular weight is 575 g/mol. The summed E-state index contributed by atoms with van der Waals surface area (Å²) in [4.78, 5) is 23.1. The van der Waals surface area contributed by atoms with Gasteiger partial charge in [0.05, 0.1) is 6.42 Å². The summed E-state index contributed by atoms with van der Waals surface area (Å²) in [5.41, 5.74) is 6.53. The summed E-state index contributed by atoms with van der Waals surface area (Å²) in [6.45, 7) is 0.0548. The van der Waals surface area contributed by atoms with E-state index in [4.69, 9.17) is 5.11 Å². The molecule has 0 fully saturated rings. The molecule has 2 aliphatic rings. The van der Waals surface area contributed by atoms with Crippen LogP contribution in [-0.4, -0.2) is 29.9 Å². The van der Waals surface area contributed by atoms with Crippen LogP contribution in [0.3, 0.4) is 0 Å². The van der Waals surface area contributed by atoms with Gasteiger partial charge in [-0.3, -0.25) is 9.59 Å². The van der Waals surface area contributed by atoms with Gasteiger partial charge in [-0.05, 0) is 71.0 Å². The van der Waals surface area contributed by atoms with Gasteiger partial charge >= 0.3 is 12.3 Å². The maximum absolute atomic E-state index is 12.6. The molecule has 42 heavy (non-hydrogen) atoms. The number of carbonyl (C=O) groups is 2. The van der Waals surface area contributed by atoms with Crippen molar-refractivity contribution in [2.24, 2.45) is 5.92 Å². The molecule has 6 nitrogen and oxygen atoms in total. The Balaban J connectivity index is 1.40. The fraction of sp³-hybridized carbons (Fsp3) is 0.212. The van der Waals surface area contributed by atoms with Gasteiger partial charge in [-0.2, -0.15) is 0 Å². The third-order valence-electron chi connectivity index (χ3n) is 7.36. The first-order valence-corrected chi connectivity index (χ1v) is 13.5. The van der Waals surface area contributed by atoms with E-state index in [1.807, 2.05) is 30.3 Å². The third kappa shape index (κ3) is 7.09. The second kappa shape index (κ2) is 12.4. The number of allylic oxidation sites excluding steroid dienone is 4. The fourth-order valence-corrected chi connectivity index (χ4v) is 5.33. The van der Waals surface area contributed by atoms with Crippen molar-refractivity contribution in [1.82, 2.24) is 10.6 Å². The molecule has 216 valence electrons. The van der Waals surface area contributed by atoms with Crippen molar-refractivity contribution < 1.29 is 32.6 Å². The minimum Gasteiger partial charge on any atom is -0.481 e. The topological polar surface area (TPSA) is 87.7 Å². The molecule has 1 aliphatic carbocycles. The number of hydrogen-bond acceptors (Lipinski definition) is 4. The highest BCUT2D eigenvalue weighted by Crippen LogP contribution is 2.42. The highest BCUT2D eigenvalue weighted by Gasteiger charge is 2.32. The number of nitrogens with one attached hydrogen (secondary N) is 2. The van der Waals surface area contributed by atoms with Crippen molar-refractivity contribution in [3.63, 3.8) is 0 Å². The zero-order chi connectivity index (χ0) is 29.7. The van der Waals surface area contributed by atoms with Crippen LogP contribution in [0.2, 0.25) is 0 Å². The van der Waals surface area contributed by atoms with Crippen molar-refractivity contribution in [3.8, 4) is 16.9 Å². The molecule has 5 rings (SSSR count). The molecule has 1 heterocycles. The fourth-order valence-electron chi connectivity index (χ4n) is 5.33. The second-order valence-electron chi connectivity index (χ2n) is 10.2. The zero-order valence-electron chi connectivity index (χ0n) is 22.5. The molecule has 0 radical (unpaired) electrons. The van der Waals surface area contributed by atoms with E-state index in [9.17, 15) is 22.8 Å². The van der Waals surface area contributed by atoms with Gasteiger partial charge < -0.3 is 20.5 Å². The van der Waals surface area contributed by atoms with Crippen LogP contribution in [0.5, 0.6) is 5.75 Å². The number of amides is 1. The summed E-state index contributed by atoms with van der Waals surface area (Å²) in [5.74, 6) is -1.38. The van der Waals surface area contributed by atoms with E-state index >= 15 is 0 Å². The zero-order valence-corrected chi connectivity index (χ0v) is 22.5. The average Bonchev–Trinajstić information content (AvgIpc) is 3.39. The molecule has 2 atom stereocenters. The van der Waals surface area contributed by atoms with Gasteiger partial charge in [-0.15, -0.1) is 13.2 Å². The van der Waals surface area contributed by atoms with Crippen LogP contribution in [-0.2, 0) is 11.2 Å². The number of fused-ring (bicyclic) bond motifs is 1. The number of alkyl halides is 3. The summed E-state index contributed by atoms with van der Waals surface area (Å²) >= 11 is 0. The Hall–Kier alpha value is -4.79. The molecule has 0 aromatic heterocycles.